The van der Waals surface area contributed by atoms with Gasteiger partial charge in [-0.25, -0.2) is 4.98 Å². The molecule has 33 heavy (non-hydrogen) atoms. The highest BCUT2D eigenvalue weighted by atomic mass is 16.4. The van der Waals surface area contributed by atoms with Gasteiger partial charge in [0.25, 0.3) is 17.4 Å². The van der Waals surface area contributed by atoms with Gasteiger partial charge in [-0.1, -0.05) is 13.3 Å². The number of hydrogen-bond acceptors (Lipinski definition) is 7. The third kappa shape index (κ3) is 4.18. The van der Waals surface area contributed by atoms with Crippen molar-refractivity contribution in [3.63, 3.8) is 0 Å². The van der Waals surface area contributed by atoms with Crippen molar-refractivity contribution in [1.29, 1.82) is 0 Å². The van der Waals surface area contributed by atoms with E-state index < -0.39 is 0 Å². The molecule has 0 spiro atoms. The Labute approximate surface area is 190 Å². The molecule has 0 aliphatic carbocycles. The highest BCUT2D eigenvalue weighted by Gasteiger charge is 2.21. The second-order valence-electron chi connectivity index (χ2n) is 8.23. The van der Waals surface area contributed by atoms with Crippen molar-refractivity contribution >= 4 is 16.8 Å². The summed E-state index contributed by atoms with van der Waals surface area (Å²) in [6.07, 6.45) is 6.17. The summed E-state index contributed by atoms with van der Waals surface area (Å²) in [4.78, 5) is 32.7. The van der Waals surface area contributed by atoms with E-state index in [-0.39, 0.29) is 23.9 Å². The quantitative estimate of drug-likeness (QED) is 0.442. The molecule has 5 rings (SSSR count). The normalized spacial score (nSPS) is 13.6. The van der Waals surface area contributed by atoms with Gasteiger partial charge in [0.1, 0.15) is 5.82 Å². The molecule has 1 amide bonds. The van der Waals surface area contributed by atoms with Gasteiger partial charge in [-0.05, 0) is 49.6 Å². The molecule has 0 saturated heterocycles. The second kappa shape index (κ2) is 9.01. The van der Waals surface area contributed by atoms with E-state index in [2.05, 4.69) is 10.2 Å². The number of hydrogen-bond donors (Lipinski definition) is 0. The lowest BCUT2D eigenvalue weighted by Crippen LogP contribution is -2.31. The van der Waals surface area contributed by atoms with Crippen LogP contribution < -0.4 is 5.56 Å². The van der Waals surface area contributed by atoms with Crippen LogP contribution in [0.3, 0.4) is 0 Å². The van der Waals surface area contributed by atoms with Crippen LogP contribution in [0, 0.1) is 0 Å². The van der Waals surface area contributed by atoms with Gasteiger partial charge < -0.3 is 13.7 Å². The molecule has 0 radical (unpaired) electrons. The summed E-state index contributed by atoms with van der Waals surface area (Å²) in [7, 11) is 0. The van der Waals surface area contributed by atoms with Crippen molar-refractivity contribution in [2.45, 2.75) is 52.1 Å². The number of aryl methyl sites for hydroxylation is 1. The van der Waals surface area contributed by atoms with E-state index >= 15 is 0 Å². The molecular formula is C24H25N5O4. The van der Waals surface area contributed by atoms with Crippen LogP contribution >= 0.6 is 0 Å². The highest BCUT2D eigenvalue weighted by Crippen LogP contribution is 2.21. The van der Waals surface area contributed by atoms with Crippen LogP contribution in [0.15, 0.2) is 50.2 Å². The van der Waals surface area contributed by atoms with Crippen molar-refractivity contribution in [3.8, 4) is 11.7 Å². The first-order chi connectivity index (χ1) is 16.1. The van der Waals surface area contributed by atoms with Crippen LogP contribution in [0.5, 0.6) is 0 Å². The summed E-state index contributed by atoms with van der Waals surface area (Å²) < 4.78 is 12.8. The predicted octanol–water partition coefficient (Wildman–Crippen LogP) is 3.82. The number of benzene rings is 1. The lowest BCUT2D eigenvalue weighted by Gasteiger charge is -2.20. The zero-order chi connectivity index (χ0) is 22.8. The molecule has 170 valence electrons. The van der Waals surface area contributed by atoms with E-state index in [0.717, 1.165) is 37.9 Å². The highest BCUT2D eigenvalue weighted by molar-refractivity contribution is 5.97. The van der Waals surface area contributed by atoms with Gasteiger partial charge in [-0.2, -0.15) is 0 Å². The fourth-order valence-electron chi connectivity index (χ4n) is 4.24. The molecule has 3 aromatic heterocycles. The Bertz CT molecular complexity index is 1340. The number of amides is 1. The van der Waals surface area contributed by atoms with Gasteiger partial charge in [0.15, 0.2) is 5.76 Å². The first-order valence-electron chi connectivity index (χ1n) is 11.3. The molecule has 4 aromatic rings. The molecule has 1 aliphatic heterocycles. The van der Waals surface area contributed by atoms with Crippen molar-refractivity contribution in [2.75, 3.05) is 6.54 Å². The first-order valence-corrected chi connectivity index (χ1v) is 11.3. The van der Waals surface area contributed by atoms with Crippen LogP contribution in [0.4, 0.5) is 0 Å². The maximum absolute atomic E-state index is 13.4. The van der Waals surface area contributed by atoms with Crippen LogP contribution in [0.2, 0.25) is 0 Å². The molecule has 0 bridgehead atoms. The fraction of sp³-hybridized carbons (Fsp3) is 0.375. The Hall–Kier alpha value is -3.75. The van der Waals surface area contributed by atoms with Crippen LogP contribution in [0.1, 0.15) is 54.7 Å². The van der Waals surface area contributed by atoms with Gasteiger partial charge in [-0.3, -0.25) is 14.2 Å². The van der Waals surface area contributed by atoms with E-state index in [1.165, 1.54) is 6.26 Å². The van der Waals surface area contributed by atoms with Gasteiger partial charge in [-0.15, -0.1) is 10.2 Å². The summed E-state index contributed by atoms with van der Waals surface area (Å²) in [5, 5.41) is 8.61. The maximum Gasteiger partial charge on any atom is 0.283 e. The molecule has 9 heteroatoms. The van der Waals surface area contributed by atoms with Crippen molar-refractivity contribution < 1.29 is 13.6 Å². The summed E-state index contributed by atoms with van der Waals surface area (Å²) in [6, 6.07) is 8.60. The topological polar surface area (TPSA) is 107 Å². The summed E-state index contributed by atoms with van der Waals surface area (Å²) in [6.45, 7) is 3.40. The third-order valence-electron chi connectivity index (χ3n) is 5.87. The standard InChI is InChI=1S/C24H25N5O4/c1-2-11-28(15-21-26-27-22(33-21)19-7-6-13-32-19)23(30)16-9-10-17-18(14-16)25-20-8-4-3-5-12-29(20)24(17)31/h6-7,9-10,13-14H,2-5,8,11-12,15H2,1H3. The fourth-order valence-corrected chi connectivity index (χ4v) is 4.24. The van der Waals surface area contributed by atoms with Crippen molar-refractivity contribution in [3.05, 3.63) is 64.2 Å². The molecule has 4 heterocycles. The molecule has 1 aromatic carbocycles. The Kier molecular flexibility index (Phi) is 5.77. The smallest absolute Gasteiger partial charge is 0.283 e. The molecule has 1 aliphatic rings. The first kappa shape index (κ1) is 21.1. The van der Waals surface area contributed by atoms with E-state index in [9.17, 15) is 9.59 Å². The SMILES string of the molecule is CCCN(Cc1nnc(-c2ccco2)o1)C(=O)c1ccc2c(=O)n3c(nc2c1)CCCCC3. The Balaban J connectivity index is 1.43. The van der Waals surface area contributed by atoms with Gasteiger partial charge in [0, 0.05) is 25.1 Å². The van der Waals surface area contributed by atoms with Gasteiger partial charge in [0.05, 0.1) is 23.7 Å². The number of furan rings is 1. The second-order valence-corrected chi connectivity index (χ2v) is 8.23. The van der Waals surface area contributed by atoms with Crippen molar-refractivity contribution in [1.82, 2.24) is 24.6 Å². The Morgan fingerprint density at radius 3 is 2.91 bits per heavy atom. The Morgan fingerprint density at radius 2 is 2.09 bits per heavy atom. The number of carbonyl (C=O) groups is 1. The molecule has 0 N–H and O–H groups in total. The average molecular weight is 447 g/mol. The molecule has 0 saturated carbocycles. The summed E-state index contributed by atoms with van der Waals surface area (Å²) >= 11 is 0. The minimum absolute atomic E-state index is 0.0300. The van der Waals surface area contributed by atoms with Crippen LogP contribution in [-0.4, -0.2) is 37.1 Å². The van der Waals surface area contributed by atoms with Gasteiger partial charge >= 0.3 is 0 Å². The third-order valence-corrected chi connectivity index (χ3v) is 5.87. The lowest BCUT2D eigenvalue weighted by molar-refractivity contribution is 0.0728. The number of nitrogens with zero attached hydrogens (tertiary/aromatic N) is 5. The monoisotopic (exact) mass is 447 g/mol. The van der Waals surface area contributed by atoms with Crippen LogP contribution in [-0.2, 0) is 19.5 Å². The largest absolute Gasteiger partial charge is 0.459 e. The minimum Gasteiger partial charge on any atom is -0.459 e. The molecule has 9 nitrogen and oxygen atoms in total. The molecule has 0 atom stereocenters. The molecular weight excluding hydrogens is 422 g/mol. The van der Waals surface area contributed by atoms with Crippen LogP contribution in [0.25, 0.3) is 22.6 Å². The van der Waals surface area contributed by atoms with E-state index in [0.29, 0.717) is 41.2 Å². The van der Waals surface area contributed by atoms with E-state index in [1.54, 1.807) is 39.8 Å². The average Bonchev–Trinajstić information content (AvgIpc) is 3.46. The van der Waals surface area contributed by atoms with E-state index in [1.807, 2.05) is 6.92 Å². The zero-order valence-corrected chi connectivity index (χ0v) is 18.5. The van der Waals surface area contributed by atoms with Gasteiger partial charge in [0.2, 0.25) is 5.89 Å². The van der Waals surface area contributed by atoms with E-state index in [4.69, 9.17) is 13.8 Å². The number of rotatable bonds is 6. The molecule has 0 unspecified atom stereocenters. The van der Waals surface area contributed by atoms with Crippen molar-refractivity contribution in [2.24, 2.45) is 0 Å². The molecule has 0 fully saturated rings. The number of aromatic nitrogens is 4. The lowest BCUT2D eigenvalue weighted by atomic mass is 10.1. The number of carbonyl (C=O) groups excluding carboxylic acids is 1. The summed E-state index contributed by atoms with van der Waals surface area (Å²) in [5.41, 5.74) is 1.01. The zero-order valence-electron chi connectivity index (χ0n) is 18.5. The number of fused-ring (bicyclic) bond motifs is 2. The summed E-state index contributed by atoms with van der Waals surface area (Å²) in [5.74, 6) is 1.71. The minimum atomic E-state index is -0.173. The maximum atomic E-state index is 13.4. The Morgan fingerprint density at radius 1 is 1.18 bits per heavy atom. The predicted molar refractivity (Wildman–Crippen MR) is 121 cm³/mol.